The smallest absolute Gasteiger partial charge is 0.173 e. The maximum absolute atomic E-state index is 11.7. The van der Waals surface area contributed by atoms with E-state index in [1.807, 2.05) is 27.7 Å². The van der Waals surface area contributed by atoms with Crippen molar-refractivity contribution >= 4 is 18.4 Å². The molecule has 0 N–H and O–H groups in total. The molecule has 2 heteroatoms. The minimum absolute atomic E-state index is 0.120. The standard InChI is InChI=1S/C12H16OS/c1-7-5-8(2)10(4)12(9(7)3)11(13)6-14/h5,14H,6H2,1-4H3. The average molecular weight is 208 g/mol. The monoisotopic (exact) mass is 208 g/mol. The van der Waals surface area contributed by atoms with Gasteiger partial charge in [0.1, 0.15) is 0 Å². The molecular formula is C12H16OS. The van der Waals surface area contributed by atoms with Gasteiger partial charge in [-0.3, -0.25) is 4.79 Å². The second-order valence-corrected chi connectivity index (χ2v) is 4.03. The number of Topliss-reactive ketones (excluding diaryl/α,β-unsaturated/α-hetero) is 1. The first kappa shape index (κ1) is 11.3. The summed E-state index contributed by atoms with van der Waals surface area (Å²) >= 11 is 4.04. The van der Waals surface area contributed by atoms with E-state index < -0.39 is 0 Å². The molecule has 0 aliphatic heterocycles. The van der Waals surface area contributed by atoms with E-state index in [1.54, 1.807) is 0 Å². The van der Waals surface area contributed by atoms with Crippen molar-refractivity contribution in [1.82, 2.24) is 0 Å². The summed E-state index contributed by atoms with van der Waals surface area (Å²) in [7, 11) is 0. The lowest BCUT2D eigenvalue weighted by molar-refractivity contribution is 0.102. The van der Waals surface area contributed by atoms with E-state index in [9.17, 15) is 4.79 Å². The van der Waals surface area contributed by atoms with Gasteiger partial charge in [-0.15, -0.1) is 0 Å². The summed E-state index contributed by atoms with van der Waals surface area (Å²) < 4.78 is 0. The van der Waals surface area contributed by atoms with Gasteiger partial charge in [-0.25, -0.2) is 0 Å². The van der Waals surface area contributed by atoms with Gasteiger partial charge in [0.05, 0.1) is 5.75 Å². The van der Waals surface area contributed by atoms with Gasteiger partial charge in [-0.05, 0) is 49.9 Å². The number of carbonyl (C=O) groups is 1. The Balaban J connectivity index is 3.47. The lowest BCUT2D eigenvalue weighted by atomic mass is 9.92. The van der Waals surface area contributed by atoms with Gasteiger partial charge in [0.2, 0.25) is 0 Å². The van der Waals surface area contributed by atoms with Crippen LogP contribution in [0.2, 0.25) is 0 Å². The Bertz CT molecular complexity index is 354. The second-order valence-electron chi connectivity index (χ2n) is 3.72. The van der Waals surface area contributed by atoms with E-state index in [0.29, 0.717) is 0 Å². The highest BCUT2D eigenvalue weighted by molar-refractivity contribution is 7.81. The minimum Gasteiger partial charge on any atom is -0.293 e. The molecule has 0 bridgehead atoms. The van der Waals surface area contributed by atoms with Crippen molar-refractivity contribution < 1.29 is 4.79 Å². The highest BCUT2D eigenvalue weighted by atomic mass is 32.1. The number of ketones is 1. The van der Waals surface area contributed by atoms with Crippen molar-refractivity contribution in [1.29, 1.82) is 0 Å². The summed E-state index contributed by atoms with van der Waals surface area (Å²) in [6, 6.07) is 2.12. The molecule has 76 valence electrons. The third-order valence-corrected chi connectivity index (χ3v) is 3.08. The van der Waals surface area contributed by atoms with Crippen molar-refractivity contribution in [2.45, 2.75) is 27.7 Å². The molecule has 1 nitrogen and oxygen atoms in total. The van der Waals surface area contributed by atoms with Gasteiger partial charge in [-0.1, -0.05) is 6.07 Å². The Labute approximate surface area is 90.9 Å². The Hall–Kier alpha value is -0.760. The molecule has 14 heavy (non-hydrogen) atoms. The third-order valence-electron chi connectivity index (χ3n) is 2.79. The molecule has 0 aliphatic carbocycles. The number of aryl methyl sites for hydroxylation is 2. The van der Waals surface area contributed by atoms with Crippen LogP contribution in [0.25, 0.3) is 0 Å². The number of carbonyl (C=O) groups excluding carboxylic acids is 1. The summed E-state index contributed by atoms with van der Waals surface area (Å²) in [5.74, 6) is 0.403. The first-order valence-electron chi connectivity index (χ1n) is 4.70. The van der Waals surface area contributed by atoms with E-state index in [4.69, 9.17) is 0 Å². The summed E-state index contributed by atoms with van der Waals surface area (Å²) in [5.41, 5.74) is 5.40. The van der Waals surface area contributed by atoms with Crippen LogP contribution >= 0.6 is 12.6 Å². The second kappa shape index (κ2) is 4.18. The molecule has 1 aromatic carbocycles. The fourth-order valence-corrected chi connectivity index (χ4v) is 1.87. The molecule has 0 unspecified atom stereocenters. The average Bonchev–Trinajstić information content (AvgIpc) is 2.15. The highest BCUT2D eigenvalue weighted by Crippen LogP contribution is 2.22. The molecule has 1 aromatic rings. The molecule has 0 spiro atoms. The van der Waals surface area contributed by atoms with Crippen LogP contribution in [0.15, 0.2) is 6.07 Å². The molecular weight excluding hydrogens is 192 g/mol. The van der Waals surface area contributed by atoms with E-state index in [2.05, 4.69) is 18.7 Å². The molecule has 0 fully saturated rings. The minimum atomic E-state index is 0.120. The first-order chi connectivity index (χ1) is 6.49. The molecule has 1 rings (SSSR count). The summed E-state index contributed by atoms with van der Waals surface area (Å²) in [6.07, 6.45) is 0. The molecule has 0 aliphatic rings. The maximum Gasteiger partial charge on any atom is 0.173 e. The zero-order valence-electron chi connectivity index (χ0n) is 9.14. The van der Waals surface area contributed by atoms with Crippen LogP contribution in [-0.4, -0.2) is 11.5 Å². The summed E-state index contributed by atoms with van der Waals surface area (Å²) in [4.78, 5) is 11.7. The van der Waals surface area contributed by atoms with Crippen molar-refractivity contribution in [3.8, 4) is 0 Å². The zero-order valence-corrected chi connectivity index (χ0v) is 10.0. The number of hydrogen-bond acceptors (Lipinski definition) is 2. The van der Waals surface area contributed by atoms with E-state index in [-0.39, 0.29) is 11.5 Å². The highest BCUT2D eigenvalue weighted by Gasteiger charge is 2.13. The SMILES string of the molecule is Cc1cc(C)c(C)c(C(=O)CS)c1C. The van der Waals surface area contributed by atoms with Crippen molar-refractivity contribution in [2.24, 2.45) is 0 Å². The van der Waals surface area contributed by atoms with Crippen molar-refractivity contribution in [2.75, 3.05) is 5.75 Å². The first-order valence-corrected chi connectivity index (χ1v) is 5.33. The van der Waals surface area contributed by atoms with Gasteiger partial charge >= 0.3 is 0 Å². The Kier molecular flexibility index (Phi) is 3.38. The fraction of sp³-hybridized carbons (Fsp3) is 0.417. The zero-order chi connectivity index (χ0) is 10.9. The number of benzene rings is 1. The Morgan fingerprint density at radius 2 is 1.57 bits per heavy atom. The lowest BCUT2D eigenvalue weighted by Gasteiger charge is -2.13. The van der Waals surface area contributed by atoms with Gasteiger partial charge in [0, 0.05) is 5.56 Å². The topological polar surface area (TPSA) is 17.1 Å². The summed E-state index contributed by atoms with van der Waals surface area (Å²) in [5, 5.41) is 0. The van der Waals surface area contributed by atoms with E-state index >= 15 is 0 Å². The van der Waals surface area contributed by atoms with Crippen LogP contribution in [0.1, 0.15) is 32.6 Å². The van der Waals surface area contributed by atoms with E-state index in [1.165, 1.54) is 11.1 Å². The maximum atomic E-state index is 11.7. The molecule has 0 saturated heterocycles. The van der Waals surface area contributed by atoms with Crippen LogP contribution in [0.5, 0.6) is 0 Å². The Morgan fingerprint density at radius 1 is 1.14 bits per heavy atom. The molecule has 0 saturated carbocycles. The molecule has 0 radical (unpaired) electrons. The van der Waals surface area contributed by atoms with Gasteiger partial charge in [0.25, 0.3) is 0 Å². The molecule has 0 atom stereocenters. The predicted octanol–water partition coefficient (Wildman–Crippen LogP) is 3.03. The number of hydrogen-bond donors (Lipinski definition) is 1. The van der Waals surface area contributed by atoms with Gasteiger partial charge in [0.15, 0.2) is 5.78 Å². The largest absolute Gasteiger partial charge is 0.293 e. The van der Waals surface area contributed by atoms with Crippen LogP contribution < -0.4 is 0 Å². The van der Waals surface area contributed by atoms with Crippen molar-refractivity contribution in [3.05, 3.63) is 33.9 Å². The van der Waals surface area contributed by atoms with Crippen molar-refractivity contribution in [3.63, 3.8) is 0 Å². The third kappa shape index (κ3) is 1.85. The quantitative estimate of drug-likeness (QED) is 0.584. The number of rotatable bonds is 2. The molecule has 0 amide bonds. The van der Waals surface area contributed by atoms with Crippen LogP contribution in [0, 0.1) is 27.7 Å². The molecule has 0 heterocycles. The Morgan fingerprint density at radius 3 is 1.93 bits per heavy atom. The number of thiol groups is 1. The lowest BCUT2D eigenvalue weighted by Crippen LogP contribution is -2.08. The van der Waals surface area contributed by atoms with E-state index in [0.717, 1.165) is 16.7 Å². The van der Waals surface area contributed by atoms with Crippen LogP contribution in [0.3, 0.4) is 0 Å². The normalized spacial score (nSPS) is 10.4. The van der Waals surface area contributed by atoms with Gasteiger partial charge in [-0.2, -0.15) is 12.6 Å². The van der Waals surface area contributed by atoms with Crippen LogP contribution in [-0.2, 0) is 0 Å². The predicted molar refractivity (Wildman–Crippen MR) is 63.6 cm³/mol. The van der Waals surface area contributed by atoms with Gasteiger partial charge < -0.3 is 0 Å². The fourth-order valence-electron chi connectivity index (χ4n) is 1.71. The molecule has 0 aromatic heterocycles. The summed E-state index contributed by atoms with van der Waals surface area (Å²) in [6.45, 7) is 8.07. The van der Waals surface area contributed by atoms with Crippen LogP contribution in [0.4, 0.5) is 0 Å².